The Kier molecular flexibility index (Phi) is 644. The van der Waals surface area contributed by atoms with Gasteiger partial charge < -0.3 is 38.3 Å². The van der Waals surface area contributed by atoms with Crippen LogP contribution in [0.5, 0.6) is 0 Å². The van der Waals surface area contributed by atoms with E-state index in [9.17, 15) is 0 Å². The van der Waals surface area contributed by atoms with E-state index in [2.05, 4.69) is 0 Å². The fraction of sp³-hybridized carbons (Fsp3) is 0. The first-order valence-electron chi connectivity index (χ1n) is 0.651. The zero-order valence-electron chi connectivity index (χ0n) is 4.51. The van der Waals surface area contributed by atoms with Crippen LogP contribution in [0.15, 0.2) is 0 Å². The smallest absolute Gasteiger partial charge is 0.450 e. The van der Waals surface area contributed by atoms with E-state index in [1.54, 1.807) is 0 Å². The Balaban J connectivity index is -0.00000000300. The number of rotatable bonds is 0. The van der Waals surface area contributed by atoms with Gasteiger partial charge in [0.05, 0.1) is 0 Å². The third kappa shape index (κ3) is 13700. The lowest BCUT2D eigenvalue weighted by Gasteiger charge is -1.60. The highest BCUT2D eigenvalue weighted by molar-refractivity contribution is 5.75. The molecule has 0 saturated carbocycles. The van der Waals surface area contributed by atoms with Crippen molar-refractivity contribution in [3.05, 3.63) is 0 Å². The van der Waals surface area contributed by atoms with Gasteiger partial charge in [-0.3, -0.25) is 0 Å². The van der Waals surface area contributed by atoms with Crippen LogP contribution < -0.4 is 6.15 Å². The first kappa shape index (κ1) is 95.5. The highest BCUT2D eigenvalue weighted by Crippen LogP contribution is 1.42. The maximum absolute atomic E-state index is 8.56. The first-order chi connectivity index (χ1) is 1.73. The molecule has 0 rings (SSSR count). The van der Waals surface area contributed by atoms with Crippen molar-refractivity contribution in [2.24, 2.45) is 0 Å². The summed E-state index contributed by atoms with van der Waals surface area (Å²) >= 11 is 0. The summed E-state index contributed by atoms with van der Waals surface area (Å²) in [5.41, 5.74) is 0. The molecule has 9 heteroatoms. The van der Waals surface area contributed by atoms with Crippen LogP contribution in [-0.2, 0) is 0 Å². The molecule has 8 nitrogen and oxygen atoms in total. The highest BCUT2D eigenvalue weighted by Gasteiger charge is 1.70. The second-order valence-electron chi connectivity index (χ2n) is 0.283. The first-order valence-corrected chi connectivity index (χ1v) is 0.651. The van der Waals surface area contributed by atoms with Gasteiger partial charge in [0, 0.05) is 0 Å². The predicted octanol–water partition coefficient (Wildman–Crippen LogP) is -3.83. The largest absolute Gasteiger partial charge is 0.503 e. The molecule has 10 heavy (non-hydrogen) atoms. The third-order valence-electron chi connectivity index (χ3n) is 0. The summed E-state index contributed by atoms with van der Waals surface area (Å²) in [5, 5.41) is 13.9. The molecule has 0 fully saturated rings. The molecule has 68 valence electrons. The fourth-order valence-corrected chi connectivity index (χ4v) is 0. The quantitative estimate of drug-likeness (QED) is 0.316. The summed E-state index contributed by atoms with van der Waals surface area (Å²) in [6.07, 6.45) is -1.83. The van der Waals surface area contributed by atoms with Crippen molar-refractivity contribution >= 4 is 29.2 Å². The van der Waals surface area contributed by atoms with Crippen molar-refractivity contribution in [3.8, 4) is 0 Å². The Bertz CT molecular complexity index is 36.6. The minimum absolute atomic E-state index is 0. The Hall–Kier alpha value is -0.164. The van der Waals surface area contributed by atoms with E-state index >= 15 is 0 Å². The SMILES string of the molecule is N.O.O.O.O.O=C(O)O.[MgH2]. The molecule has 0 aliphatic carbocycles. The summed E-state index contributed by atoms with van der Waals surface area (Å²) in [7, 11) is 0. The Labute approximate surface area is 72.8 Å². The molecule has 0 radical (unpaired) electrons. The summed E-state index contributed by atoms with van der Waals surface area (Å²) in [5.74, 6) is 0. The zero-order chi connectivity index (χ0) is 3.58. The van der Waals surface area contributed by atoms with Crippen LogP contribution in [0.2, 0.25) is 0 Å². The molecule has 0 aromatic rings. The molecule has 0 amide bonds. The summed E-state index contributed by atoms with van der Waals surface area (Å²) in [6, 6.07) is 0. The molecule has 0 aromatic heterocycles. The number of hydrogen-bond acceptors (Lipinski definition) is 2. The van der Waals surface area contributed by atoms with E-state index < -0.39 is 6.16 Å². The molecule has 0 atom stereocenters. The van der Waals surface area contributed by atoms with Crippen LogP contribution in [0.25, 0.3) is 0 Å². The van der Waals surface area contributed by atoms with Crippen molar-refractivity contribution < 1.29 is 36.9 Å². The van der Waals surface area contributed by atoms with Crippen molar-refractivity contribution in [2.75, 3.05) is 0 Å². The van der Waals surface area contributed by atoms with Gasteiger partial charge in [-0.25, -0.2) is 4.79 Å². The maximum atomic E-state index is 8.56. The van der Waals surface area contributed by atoms with Crippen LogP contribution in [-0.4, -0.2) is 61.3 Å². The number of carbonyl (C=O) groups is 1. The van der Waals surface area contributed by atoms with E-state index in [1.165, 1.54) is 0 Å². The fourth-order valence-electron chi connectivity index (χ4n) is 0. The second kappa shape index (κ2) is 67.5. The molecule has 13 N–H and O–H groups in total. The maximum Gasteiger partial charge on any atom is 0.503 e. The Morgan fingerprint density at radius 2 is 0.900 bits per heavy atom. The van der Waals surface area contributed by atoms with Crippen LogP contribution >= 0.6 is 0 Å². The molecule has 0 aromatic carbocycles. The predicted molar refractivity (Wildman–Crippen MR) is 38.7 cm³/mol. The van der Waals surface area contributed by atoms with Gasteiger partial charge in [0.25, 0.3) is 0 Å². The summed E-state index contributed by atoms with van der Waals surface area (Å²) in [4.78, 5) is 8.56. The molecule has 0 unspecified atom stereocenters. The minimum atomic E-state index is -1.83. The molecular weight excluding hydrogens is 162 g/mol. The molecule has 0 aliphatic rings. The van der Waals surface area contributed by atoms with Crippen LogP contribution in [0, 0.1) is 0 Å². The molecule has 0 aliphatic heterocycles. The van der Waals surface area contributed by atoms with E-state index in [4.69, 9.17) is 15.0 Å². The number of carboxylic acid groups (broad SMARTS) is 2. The van der Waals surface area contributed by atoms with Crippen LogP contribution in [0.1, 0.15) is 0 Å². The van der Waals surface area contributed by atoms with E-state index in [1.807, 2.05) is 0 Å². The summed E-state index contributed by atoms with van der Waals surface area (Å²) < 4.78 is 0. The topological polar surface area (TPSA) is 219 Å². The lowest BCUT2D eigenvalue weighted by atomic mass is 11.5. The Morgan fingerprint density at radius 3 is 0.900 bits per heavy atom. The normalized spacial score (nSPS) is 2.40. The van der Waals surface area contributed by atoms with Crippen molar-refractivity contribution in [1.82, 2.24) is 6.15 Å². The van der Waals surface area contributed by atoms with Gasteiger partial charge in [-0.05, 0) is 0 Å². The van der Waals surface area contributed by atoms with Gasteiger partial charge in [-0.2, -0.15) is 0 Å². The Morgan fingerprint density at radius 1 is 0.900 bits per heavy atom. The summed E-state index contributed by atoms with van der Waals surface area (Å²) in [6.45, 7) is 0. The molecule has 0 heterocycles. The van der Waals surface area contributed by atoms with Crippen molar-refractivity contribution in [2.45, 2.75) is 0 Å². The van der Waals surface area contributed by atoms with Gasteiger partial charge in [-0.1, -0.05) is 0 Å². The van der Waals surface area contributed by atoms with Gasteiger partial charge >= 0.3 is 29.2 Å². The minimum Gasteiger partial charge on any atom is -0.450 e. The van der Waals surface area contributed by atoms with Gasteiger partial charge in [-0.15, -0.1) is 0 Å². The van der Waals surface area contributed by atoms with Gasteiger partial charge in [0.15, 0.2) is 0 Å². The standard InChI is InChI=1S/CH2O3.Mg.H3N.4H2O.2H/c2-1(3)4;;;;;;;;/h(H2,2,3,4);;1H3;4*1H2;;. The number of hydrogen-bond donors (Lipinski definition) is 3. The van der Waals surface area contributed by atoms with E-state index in [0.717, 1.165) is 0 Å². The zero-order valence-corrected chi connectivity index (χ0v) is 4.51. The average Bonchev–Trinajstić information content (AvgIpc) is 0.811. The van der Waals surface area contributed by atoms with Crippen molar-refractivity contribution in [1.29, 1.82) is 0 Å². The van der Waals surface area contributed by atoms with E-state index in [0.29, 0.717) is 0 Å². The van der Waals surface area contributed by atoms with Gasteiger partial charge in [0.1, 0.15) is 0 Å². The lowest BCUT2D eigenvalue weighted by molar-refractivity contribution is 0.137. The lowest BCUT2D eigenvalue weighted by Crippen LogP contribution is -1.81. The van der Waals surface area contributed by atoms with Crippen molar-refractivity contribution in [3.63, 3.8) is 0 Å². The third-order valence-corrected chi connectivity index (χ3v) is 0. The van der Waals surface area contributed by atoms with Crippen LogP contribution in [0.4, 0.5) is 4.79 Å². The molecular formula is CH15MgNO7. The second-order valence-corrected chi connectivity index (χ2v) is 0.283. The van der Waals surface area contributed by atoms with Gasteiger partial charge in [0.2, 0.25) is 0 Å². The highest BCUT2D eigenvalue weighted by atomic mass is 24.3. The monoisotopic (exact) mass is 177 g/mol. The molecule has 0 bridgehead atoms. The average molecular weight is 177 g/mol. The van der Waals surface area contributed by atoms with E-state index in [-0.39, 0.29) is 51.1 Å². The molecule has 0 spiro atoms. The van der Waals surface area contributed by atoms with Crippen LogP contribution in [0.3, 0.4) is 0 Å². The molecule has 0 saturated heterocycles.